The van der Waals surface area contributed by atoms with Gasteiger partial charge in [0.25, 0.3) is 0 Å². The summed E-state index contributed by atoms with van der Waals surface area (Å²) >= 11 is 0. The Balaban J connectivity index is 0.000000238. The fraction of sp³-hybridized carbons (Fsp3) is 0.222. The van der Waals surface area contributed by atoms with Crippen molar-refractivity contribution in [2.45, 2.75) is 13.8 Å². The van der Waals surface area contributed by atoms with Gasteiger partial charge in [-0.1, -0.05) is 58.9 Å². The van der Waals surface area contributed by atoms with Gasteiger partial charge in [-0.2, -0.15) is 0 Å². The normalized spacial score (nSPS) is 10.7. The van der Waals surface area contributed by atoms with E-state index in [1.54, 1.807) is 6.20 Å². The Hall–Kier alpha value is -0.911. The summed E-state index contributed by atoms with van der Waals surface area (Å²) in [6.45, 7) is 8.38. The first-order valence-electron chi connectivity index (χ1n) is 7.49. The Morgan fingerprint density at radius 2 is 1.46 bits per heavy atom. The van der Waals surface area contributed by atoms with E-state index in [1.807, 2.05) is 32.0 Å². The van der Waals surface area contributed by atoms with Gasteiger partial charge in [-0.05, 0) is 55.7 Å². The number of imidazole rings is 1. The van der Waals surface area contributed by atoms with E-state index < -0.39 is 0 Å². The molecule has 3 rings (SSSR count). The van der Waals surface area contributed by atoms with Gasteiger partial charge in [0, 0.05) is 26.3 Å². The summed E-state index contributed by atoms with van der Waals surface area (Å²) in [5.74, 6) is 0.718. The van der Waals surface area contributed by atoms with E-state index >= 15 is 0 Å². The largest absolute Gasteiger partial charge is 0.438 e. The minimum atomic E-state index is 0. The Morgan fingerprint density at radius 3 is 1.88 bits per heavy atom. The summed E-state index contributed by atoms with van der Waals surface area (Å²) in [6.07, 6.45) is 1.75. The molecule has 6 heteroatoms. The third-order valence-electron chi connectivity index (χ3n) is 3.43. The molecule has 2 aromatic heterocycles. The third-order valence-corrected chi connectivity index (χ3v) is 5.63. The molecule has 0 aliphatic rings. The van der Waals surface area contributed by atoms with Crippen LogP contribution in [-0.2, 0) is 20.1 Å². The van der Waals surface area contributed by atoms with Crippen molar-refractivity contribution >= 4 is 27.8 Å². The topological polar surface area (TPSA) is 39.9 Å². The summed E-state index contributed by atoms with van der Waals surface area (Å²) in [7, 11) is 1.89. The second-order valence-electron chi connectivity index (χ2n) is 4.98. The van der Waals surface area contributed by atoms with Gasteiger partial charge in [-0.15, -0.1) is 0 Å². The van der Waals surface area contributed by atoms with Crippen LogP contribution in [0.2, 0.25) is 0 Å². The Bertz CT molecular complexity index is 703. The molecule has 0 aliphatic heterocycles. The molecule has 2 heterocycles. The van der Waals surface area contributed by atoms with Crippen molar-refractivity contribution in [3.63, 3.8) is 0 Å². The molecule has 0 bridgehead atoms. The SMILES string of the molecule is CPc1ccccc1PC.Cc1nc(-c2ccccn2)[n-]c1C.[Ir]. The molecule has 0 saturated heterocycles. The number of pyridine rings is 1. The molecular formula is C18H22IrN3P2-. The van der Waals surface area contributed by atoms with Crippen molar-refractivity contribution < 1.29 is 20.1 Å². The minimum Gasteiger partial charge on any atom is -0.438 e. The molecule has 2 atom stereocenters. The zero-order chi connectivity index (χ0) is 16.7. The second kappa shape index (κ2) is 10.9. The average Bonchev–Trinajstić information content (AvgIpc) is 2.95. The molecule has 2 unspecified atom stereocenters. The standard InChI is InChI=1S/C10H10N3.C8H12P2.Ir/c1-7-8(2)13-10(12-7)9-5-3-4-6-11-9;1-9-7-5-3-4-6-8(7)10-2;/h3-6H,1-2H3;3-6,9-10H,1-2H3;/q-1;;. The van der Waals surface area contributed by atoms with Crippen molar-refractivity contribution in [2.75, 3.05) is 13.3 Å². The van der Waals surface area contributed by atoms with Gasteiger partial charge in [0.1, 0.15) is 0 Å². The van der Waals surface area contributed by atoms with Gasteiger partial charge in [0.15, 0.2) is 0 Å². The van der Waals surface area contributed by atoms with Crippen LogP contribution in [0.5, 0.6) is 0 Å². The molecule has 0 saturated carbocycles. The van der Waals surface area contributed by atoms with Gasteiger partial charge < -0.3 is 9.97 Å². The number of hydrogen-bond acceptors (Lipinski definition) is 2. The van der Waals surface area contributed by atoms with Gasteiger partial charge in [-0.25, -0.2) is 0 Å². The maximum absolute atomic E-state index is 4.31. The number of aryl methyl sites for hydroxylation is 2. The summed E-state index contributed by atoms with van der Waals surface area (Å²) < 4.78 is 0. The summed E-state index contributed by atoms with van der Waals surface area (Å²) in [5, 5.41) is 3.06. The maximum Gasteiger partial charge on any atom is 0.0620 e. The molecule has 3 aromatic rings. The van der Waals surface area contributed by atoms with Crippen LogP contribution in [0.4, 0.5) is 0 Å². The predicted molar refractivity (Wildman–Crippen MR) is 104 cm³/mol. The molecule has 24 heavy (non-hydrogen) atoms. The van der Waals surface area contributed by atoms with Crippen molar-refractivity contribution in [1.82, 2.24) is 15.0 Å². The zero-order valence-corrected chi connectivity index (χ0v) is 18.7. The van der Waals surface area contributed by atoms with Crippen LogP contribution in [0.3, 0.4) is 0 Å². The van der Waals surface area contributed by atoms with Crippen LogP contribution in [0, 0.1) is 13.8 Å². The molecule has 0 N–H and O–H groups in total. The van der Waals surface area contributed by atoms with Gasteiger partial charge in [0.2, 0.25) is 0 Å². The van der Waals surface area contributed by atoms with E-state index in [4.69, 9.17) is 0 Å². The molecule has 0 aliphatic carbocycles. The first-order chi connectivity index (χ1) is 11.2. The van der Waals surface area contributed by atoms with Crippen molar-refractivity contribution in [1.29, 1.82) is 0 Å². The molecule has 0 fully saturated rings. The number of nitrogens with zero attached hydrogens (tertiary/aromatic N) is 3. The molecule has 1 aromatic carbocycles. The van der Waals surface area contributed by atoms with Gasteiger partial charge >= 0.3 is 0 Å². The number of rotatable bonds is 3. The average molecular weight is 535 g/mol. The number of benzene rings is 1. The maximum atomic E-state index is 4.31. The van der Waals surface area contributed by atoms with E-state index in [2.05, 4.69) is 52.5 Å². The first-order valence-corrected chi connectivity index (χ1v) is 10.5. The summed E-state index contributed by atoms with van der Waals surface area (Å²) in [5.41, 5.74) is 2.78. The van der Waals surface area contributed by atoms with Gasteiger partial charge in [0.05, 0.1) is 5.69 Å². The van der Waals surface area contributed by atoms with Crippen LogP contribution in [0.1, 0.15) is 11.4 Å². The van der Waals surface area contributed by atoms with Crippen molar-refractivity contribution in [2.24, 2.45) is 0 Å². The predicted octanol–water partition coefficient (Wildman–Crippen LogP) is 3.27. The Kier molecular flexibility index (Phi) is 9.55. The smallest absolute Gasteiger partial charge is 0.0620 e. The van der Waals surface area contributed by atoms with Crippen LogP contribution >= 0.6 is 17.2 Å². The Morgan fingerprint density at radius 1 is 0.875 bits per heavy atom. The fourth-order valence-electron chi connectivity index (χ4n) is 2.03. The summed E-state index contributed by atoms with van der Waals surface area (Å²) in [4.78, 5) is 12.8. The molecule has 1 radical (unpaired) electrons. The van der Waals surface area contributed by atoms with E-state index in [9.17, 15) is 0 Å². The molecular weight excluding hydrogens is 512 g/mol. The van der Waals surface area contributed by atoms with E-state index in [-0.39, 0.29) is 20.1 Å². The van der Waals surface area contributed by atoms with E-state index in [0.29, 0.717) is 0 Å². The second-order valence-corrected chi connectivity index (χ2v) is 7.06. The fourth-order valence-corrected chi connectivity index (χ4v) is 4.01. The monoisotopic (exact) mass is 535 g/mol. The zero-order valence-electron chi connectivity index (χ0n) is 14.3. The number of aromatic nitrogens is 3. The van der Waals surface area contributed by atoms with Crippen LogP contribution < -0.4 is 15.6 Å². The molecule has 3 nitrogen and oxygen atoms in total. The first kappa shape index (κ1) is 21.1. The molecule has 0 spiro atoms. The number of hydrogen-bond donors (Lipinski definition) is 0. The van der Waals surface area contributed by atoms with Crippen LogP contribution in [0.25, 0.3) is 11.5 Å². The Labute approximate surface area is 161 Å². The van der Waals surface area contributed by atoms with Gasteiger partial charge in [-0.3, -0.25) is 4.98 Å². The minimum absolute atomic E-state index is 0. The van der Waals surface area contributed by atoms with E-state index in [1.165, 1.54) is 10.6 Å². The quantitative estimate of drug-likeness (QED) is 0.485. The summed E-state index contributed by atoms with van der Waals surface area (Å²) in [6, 6.07) is 14.4. The van der Waals surface area contributed by atoms with Crippen LogP contribution in [-0.4, -0.2) is 23.3 Å². The molecule has 129 valence electrons. The third kappa shape index (κ3) is 5.87. The van der Waals surface area contributed by atoms with Crippen LogP contribution in [0.15, 0.2) is 48.7 Å². The van der Waals surface area contributed by atoms with Crippen molar-refractivity contribution in [3.05, 3.63) is 60.0 Å². The van der Waals surface area contributed by atoms with Crippen molar-refractivity contribution in [3.8, 4) is 11.5 Å². The van der Waals surface area contributed by atoms with E-state index in [0.717, 1.165) is 40.1 Å². The molecule has 0 amide bonds.